The van der Waals surface area contributed by atoms with Gasteiger partial charge in [0, 0.05) is 31.2 Å². The molecule has 0 bridgehead atoms. The number of hydrogen-bond acceptors (Lipinski definition) is 1. The molecule has 23 heavy (non-hydrogen) atoms. The Morgan fingerprint density at radius 1 is 1.13 bits per heavy atom. The van der Waals surface area contributed by atoms with Crippen molar-refractivity contribution in [1.82, 2.24) is 9.47 Å². The molecule has 3 rings (SSSR count). The van der Waals surface area contributed by atoms with Gasteiger partial charge in [0.15, 0.2) is 0 Å². The van der Waals surface area contributed by atoms with Gasteiger partial charge in [-0.3, -0.25) is 4.79 Å². The zero-order valence-electron chi connectivity index (χ0n) is 14.5. The van der Waals surface area contributed by atoms with Crippen LogP contribution >= 0.6 is 0 Å². The van der Waals surface area contributed by atoms with E-state index in [0.717, 1.165) is 18.8 Å². The first kappa shape index (κ1) is 15.9. The number of likely N-dealkylation sites (tertiary alicyclic amines) is 1. The zero-order chi connectivity index (χ0) is 16.6. The van der Waals surface area contributed by atoms with E-state index < -0.39 is 0 Å². The Kier molecular flexibility index (Phi) is 4.05. The van der Waals surface area contributed by atoms with Gasteiger partial charge in [0.05, 0.1) is 0 Å². The second kappa shape index (κ2) is 5.88. The SMILES string of the molecule is CC(C)n1cccc1C(=O)N1C[C@@H](c2ccccc2)C(C)(C)C1. The van der Waals surface area contributed by atoms with E-state index in [2.05, 4.69) is 56.5 Å². The standard InChI is InChI=1S/C20H26N2O/c1-15(2)22-12-8-11-18(22)19(23)21-13-17(20(3,4)14-21)16-9-6-5-7-10-16/h5-12,15,17H,13-14H2,1-4H3/t17-/m0/s1. The summed E-state index contributed by atoms with van der Waals surface area (Å²) in [6.07, 6.45) is 1.99. The Hall–Kier alpha value is -2.03. The number of benzene rings is 1. The Labute approximate surface area is 138 Å². The summed E-state index contributed by atoms with van der Waals surface area (Å²) in [7, 11) is 0. The monoisotopic (exact) mass is 310 g/mol. The van der Waals surface area contributed by atoms with E-state index >= 15 is 0 Å². The zero-order valence-corrected chi connectivity index (χ0v) is 14.5. The summed E-state index contributed by atoms with van der Waals surface area (Å²) in [5.74, 6) is 0.533. The number of amides is 1. The lowest BCUT2D eigenvalue weighted by molar-refractivity contribution is 0.0765. The Morgan fingerprint density at radius 2 is 1.83 bits per heavy atom. The lowest BCUT2D eigenvalue weighted by atomic mass is 9.78. The molecule has 122 valence electrons. The maximum Gasteiger partial charge on any atom is 0.270 e. The van der Waals surface area contributed by atoms with Crippen LogP contribution in [0.2, 0.25) is 0 Å². The average Bonchev–Trinajstić information content (AvgIpc) is 3.11. The van der Waals surface area contributed by atoms with Crippen LogP contribution in [0.15, 0.2) is 48.7 Å². The molecular formula is C20H26N2O. The van der Waals surface area contributed by atoms with Crippen LogP contribution in [0.3, 0.4) is 0 Å². The molecule has 0 unspecified atom stereocenters. The first-order valence-corrected chi connectivity index (χ1v) is 8.41. The molecule has 1 atom stereocenters. The molecule has 1 aliphatic heterocycles. The Morgan fingerprint density at radius 3 is 2.48 bits per heavy atom. The van der Waals surface area contributed by atoms with E-state index in [1.54, 1.807) is 0 Å². The van der Waals surface area contributed by atoms with Crippen molar-refractivity contribution in [3.8, 4) is 0 Å². The van der Waals surface area contributed by atoms with Gasteiger partial charge in [0.25, 0.3) is 5.91 Å². The predicted octanol–water partition coefficient (Wildman–Crippen LogP) is 4.33. The van der Waals surface area contributed by atoms with Crippen LogP contribution in [0.1, 0.15) is 55.7 Å². The van der Waals surface area contributed by atoms with Gasteiger partial charge in [-0.15, -0.1) is 0 Å². The van der Waals surface area contributed by atoms with E-state index in [0.29, 0.717) is 12.0 Å². The van der Waals surface area contributed by atoms with E-state index in [-0.39, 0.29) is 11.3 Å². The van der Waals surface area contributed by atoms with Crippen molar-refractivity contribution >= 4 is 5.91 Å². The fourth-order valence-electron chi connectivity index (χ4n) is 3.72. The van der Waals surface area contributed by atoms with Crippen molar-refractivity contribution in [3.05, 3.63) is 59.9 Å². The van der Waals surface area contributed by atoms with Gasteiger partial charge in [-0.2, -0.15) is 0 Å². The highest BCUT2D eigenvalue weighted by atomic mass is 16.2. The highest BCUT2D eigenvalue weighted by molar-refractivity contribution is 5.93. The lowest BCUT2D eigenvalue weighted by Gasteiger charge is -2.25. The minimum absolute atomic E-state index is 0.0896. The molecule has 0 radical (unpaired) electrons. The number of carbonyl (C=O) groups is 1. The third-order valence-corrected chi connectivity index (χ3v) is 4.99. The number of rotatable bonds is 3. The molecule has 0 saturated carbocycles. The summed E-state index contributed by atoms with van der Waals surface area (Å²) in [6.45, 7) is 10.3. The molecule has 3 nitrogen and oxygen atoms in total. The summed E-state index contributed by atoms with van der Waals surface area (Å²) >= 11 is 0. The highest BCUT2D eigenvalue weighted by Crippen LogP contribution is 2.42. The summed E-state index contributed by atoms with van der Waals surface area (Å²) in [4.78, 5) is 15.0. The van der Waals surface area contributed by atoms with Crippen LogP contribution in [-0.2, 0) is 0 Å². The predicted molar refractivity (Wildman–Crippen MR) is 93.7 cm³/mol. The highest BCUT2D eigenvalue weighted by Gasteiger charge is 2.42. The molecular weight excluding hydrogens is 284 g/mol. The molecule has 0 N–H and O–H groups in total. The third-order valence-electron chi connectivity index (χ3n) is 4.99. The molecule has 1 fully saturated rings. The summed E-state index contributed by atoms with van der Waals surface area (Å²) in [5.41, 5.74) is 2.21. The quantitative estimate of drug-likeness (QED) is 0.828. The first-order valence-electron chi connectivity index (χ1n) is 8.41. The van der Waals surface area contributed by atoms with Crippen LogP contribution < -0.4 is 0 Å². The molecule has 0 aliphatic carbocycles. The maximum absolute atomic E-state index is 13.0. The number of nitrogens with zero attached hydrogens (tertiary/aromatic N) is 2. The molecule has 1 saturated heterocycles. The molecule has 2 aromatic rings. The smallest absolute Gasteiger partial charge is 0.270 e. The second-order valence-corrected chi connectivity index (χ2v) is 7.53. The molecule has 2 heterocycles. The van der Waals surface area contributed by atoms with Crippen molar-refractivity contribution in [2.24, 2.45) is 5.41 Å². The molecule has 1 aromatic heterocycles. The Bertz CT molecular complexity index is 685. The fourth-order valence-corrected chi connectivity index (χ4v) is 3.72. The van der Waals surface area contributed by atoms with Gasteiger partial charge >= 0.3 is 0 Å². The van der Waals surface area contributed by atoms with Gasteiger partial charge in [0.2, 0.25) is 0 Å². The fraction of sp³-hybridized carbons (Fsp3) is 0.450. The molecule has 1 aromatic carbocycles. The van der Waals surface area contributed by atoms with E-state index in [9.17, 15) is 4.79 Å². The third kappa shape index (κ3) is 2.92. The van der Waals surface area contributed by atoms with Crippen LogP contribution in [0, 0.1) is 5.41 Å². The summed E-state index contributed by atoms with van der Waals surface area (Å²) < 4.78 is 2.06. The molecule has 3 heteroatoms. The van der Waals surface area contributed by atoms with Crippen molar-refractivity contribution in [3.63, 3.8) is 0 Å². The minimum Gasteiger partial charge on any atom is -0.341 e. The lowest BCUT2D eigenvalue weighted by Crippen LogP contribution is -2.32. The number of aromatic nitrogens is 1. The van der Waals surface area contributed by atoms with Crippen LogP contribution in [0.25, 0.3) is 0 Å². The van der Waals surface area contributed by atoms with Crippen molar-refractivity contribution in [2.45, 2.75) is 39.7 Å². The van der Waals surface area contributed by atoms with Crippen LogP contribution in [0.4, 0.5) is 0 Å². The van der Waals surface area contributed by atoms with Crippen molar-refractivity contribution in [1.29, 1.82) is 0 Å². The van der Waals surface area contributed by atoms with E-state index in [4.69, 9.17) is 0 Å². The van der Waals surface area contributed by atoms with Crippen molar-refractivity contribution < 1.29 is 4.79 Å². The van der Waals surface area contributed by atoms with Crippen LogP contribution in [0.5, 0.6) is 0 Å². The van der Waals surface area contributed by atoms with Gasteiger partial charge in [-0.25, -0.2) is 0 Å². The van der Waals surface area contributed by atoms with E-state index in [1.807, 2.05) is 29.3 Å². The van der Waals surface area contributed by atoms with Gasteiger partial charge in [0.1, 0.15) is 5.69 Å². The number of carbonyl (C=O) groups excluding carboxylic acids is 1. The normalized spacial score (nSPS) is 20.2. The van der Waals surface area contributed by atoms with Gasteiger partial charge < -0.3 is 9.47 Å². The van der Waals surface area contributed by atoms with Crippen LogP contribution in [-0.4, -0.2) is 28.5 Å². The van der Waals surface area contributed by atoms with Gasteiger partial charge in [-0.05, 0) is 37.0 Å². The number of hydrogen-bond donors (Lipinski definition) is 0. The molecule has 1 aliphatic rings. The molecule has 1 amide bonds. The minimum atomic E-state index is 0.0896. The topological polar surface area (TPSA) is 25.2 Å². The average molecular weight is 310 g/mol. The second-order valence-electron chi connectivity index (χ2n) is 7.53. The summed E-state index contributed by atoms with van der Waals surface area (Å²) in [5, 5.41) is 0. The largest absolute Gasteiger partial charge is 0.341 e. The van der Waals surface area contributed by atoms with E-state index in [1.165, 1.54) is 5.56 Å². The maximum atomic E-state index is 13.0. The summed E-state index contributed by atoms with van der Waals surface area (Å²) in [6, 6.07) is 14.8. The van der Waals surface area contributed by atoms with Crippen molar-refractivity contribution in [2.75, 3.05) is 13.1 Å². The van der Waals surface area contributed by atoms with Gasteiger partial charge in [-0.1, -0.05) is 44.2 Å². The first-order chi connectivity index (χ1) is 10.9. The Balaban J connectivity index is 1.85. The molecule has 0 spiro atoms.